The molecule has 26 heavy (non-hydrogen) atoms. The highest BCUT2D eigenvalue weighted by Crippen LogP contribution is 2.23. The van der Waals surface area contributed by atoms with Gasteiger partial charge in [0.1, 0.15) is 0 Å². The van der Waals surface area contributed by atoms with Crippen LogP contribution in [-0.2, 0) is 4.74 Å². The van der Waals surface area contributed by atoms with Crippen molar-refractivity contribution in [1.29, 1.82) is 0 Å². The largest absolute Gasteiger partial charge is 0.465 e. The number of hydrogen-bond acceptors (Lipinski definition) is 5. The number of rotatable bonds is 4. The molecule has 1 aliphatic heterocycles. The Kier molecular flexibility index (Phi) is 4.48. The number of para-hydroxylation sites is 2. The molecule has 1 fully saturated rings. The van der Waals surface area contributed by atoms with Gasteiger partial charge in [0.05, 0.1) is 23.7 Å². The van der Waals surface area contributed by atoms with Gasteiger partial charge < -0.3 is 19.9 Å². The van der Waals surface area contributed by atoms with E-state index < -0.39 is 0 Å². The number of aromatic amines is 1. The number of nitrogens with one attached hydrogen (secondary N) is 2. The minimum Gasteiger partial charge on any atom is -0.465 e. The zero-order valence-electron chi connectivity index (χ0n) is 14.7. The first-order chi connectivity index (χ1) is 12.7. The maximum atomic E-state index is 11.7. The second-order valence-corrected chi connectivity index (χ2v) is 6.56. The van der Waals surface area contributed by atoms with E-state index in [1.54, 1.807) is 6.07 Å². The number of imidazole rings is 1. The highest BCUT2D eigenvalue weighted by Gasteiger charge is 2.21. The van der Waals surface area contributed by atoms with Crippen molar-refractivity contribution < 1.29 is 9.53 Å². The topological polar surface area (TPSA) is 70.2 Å². The number of fused-ring (bicyclic) bond motifs is 1. The van der Waals surface area contributed by atoms with Crippen molar-refractivity contribution >= 4 is 28.6 Å². The molecule has 4 rings (SSSR count). The van der Waals surface area contributed by atoms with E-state index in [4.69, 9.17) is 4.74 Å². The summed E-state index contributed by atoms with van der Waals surface area (Å²) in [7, 11) is 1.40. The predicted octanol–water partition coefficient (Wildman–Crippen LogP) is 3.43. The standard InChI is InChI=1S/C20H22N4O2/c1-26-19(25)14-5-4-6-16(13-14)21-15-9-11-24(12-10-15)20-22-17-7-2-3-8-18(17)23-20/h2-8,13,15,21H,9-12H2,1H3,(H,22,23). The number of piperidine rings is 1. The predicted molar refractivity (Wildman–Crippen MR) is 103 cm³/mol. The van der Waals surface area contributed by atoms with Crippen LogP contribution in [0.2, 0.25) is 0 Å². The third-order valence-electron chi connectivity index (χ3n) is 4.83. The van der Waals surface area contributed by atoms with Crippen LogP contribution in [0.15, 0.2) is 48.5 Å². The van der Waals surface area contributed by atoms with E-state index in [9.17, 15) is 4.79 Å². The molecule has 1 aromatic heterocycles. The summed E-state index contributed by atoms with van der Waals surface area (Å²) < 4.78 is 4.79. The Balaban J connectivity index is 1.38. The van der Waals surface area contributed by atoms with Crippen molar-refractivity contribution in [3.8, 4) is 0 Å². The van der Waals surface area contributed by atoms with Crippen molar-refractivity contribution in [2.45, 2.75) is 18.9 Å². The third-order valence-corrected chi connectivity index (χ3v) is 4.83. The highest BCUT2D eigenvalue weighted by atomic mass is 16.5. The summed E-state index contributed by atoms with van der Waals surface area (Å²) in [5, 5.41) is 3.53. The van der Waals surface area contributed by atoms with Crippen LogP contribution < -0.4 is 10.2 Å². The van der Waals surface area contributed by atoms with Gasteiger partial charge in [-0.1, -0.05) is 18.2 Å². The fourth-order valence-corrected chi connectivity index (χ4v) is 3.41. The average molecular weight is 350 g/mol. The molecule has 0 bridgehead atoms. The molecule has 0 radical (unpaired) electrons. The molecule has 6 nitrogen and oxygen atoms in total. The SMILES string of the molecule is COC(=O)c1cccc(NC2CCN(c3nc4ccccc4[nH]3)CC2)c1. The van der Waals surface area contributed by atoms with E-state index in [0.717, 1.165) is 48.6 Å². The van der Waals surface area contributed by atoms with Gasteiger partial charge in [-0.05, 0) is 43.2 Å². The fourth-order valence-electron chi connectivity index (χ4n) is 3.41. The molecule has 2 aromatic carbocycles. The van der Waals surface area contributed by atoms with E-state index in [2.05, 4.69) is 26.3 Å². The molecule has 0 spiro atoms. The van der Waals surface area contributed by atoms with Crippen LogP contribution in [0, 0.1) is 0 Å². The first-order valence-electron chi connectivity index (χ1n) is 8.87. The summed E-state index contributed by atoms with van der Waals surface area (Å²) >= 11 is 0. The molecular weight excluding hydrogens is 328 g/mol. The molecule has 0 aliphatic carbocycles. The minimum absolute atomic E-state index is 0.312. The molecule has 2 N–H and O–H groups in total. The normalized spacial score (nSPS) is 15.2. The van der Waals surface area contributed by atoms with E-state index in [1.807, 2.05) is 36.4 Å². The first-order valence-corrected chi connectivity index (χ1v) is 8.87. The Morgan fingerprint density at radius 1 is 1.19 bits per heavy atom. The Labute approximate surface area is 152 Å². The number of aromatic nitrogens is 2. The number of hydrogen-bond donors (Lipinski definition) is 2. The van der Waals surface area contributed by atoms with E-state index in [0.29, 0.717) is 11.6 Å². The van der Waals surface area contributed by atoms with E-state index in [-0.39, 0.29) is 5.97 Å². The molecule has 0 saturated carbocycles. The van der Waals surface area contributed by atoms with Gasteiger partial charge in [0.25, 0.3) is 0 Å². The molecule has 3 aromatic rings. The van der Waals surface area contributed by atoms with Crippen molar-refractivity contribution in [2.24, 2.45) is 0 Å². The Hall–Kier alpha value is -3.02. The lowest BCUT2D eigenvalue weighted by molar-refractivity contribution is 0.0601. The lowest BCUT2D eigenvalue weighted by atomic mass is 10.0. The summed E-state index contributed by atoms with van der Waals surface area (Å²) in [5.74, 6) is 0.630. The van der Waals surface area contributed by atoms with Gasteiger partial charge in [0.2, 0.25) is 5.95 Å². The van der Waals surface area contributed by atoms with Crippen LogP contribution >= 0.6 is 0 Å². The monoisotopic (exact) mass is 350 g/mol. The average Bonchev–Trinajstić information content (AvgIpc) is 3.12. The van der Waals surface area contributed by atoms with Gasteiger partial charge >= 0.3 is 5.97 Å². The quantitative estimate of drug-likeness (QED) is 0.706. The fraction of sp³-hybridized carbons (Fsp3) is 0.300. The first kappa shape index (κ1) is 16.4. The second-order valence-electron chi connectivity index (χ2n) is 6.56. The van der Waals surface area contributed by atoms with Crippen molar-refractivity contribution in [3.05, 3.63) is 54.1 Å². The number of nitrogens with zero attached hydrogens (tertiary/aromatic N) is 2. The Morgan fingerprint density at radius 2 is 2.00 bits per heavy atom. The zero-order valence-corrected chi connectivity index (χ0v) is 14.7. The van der Waals surface area contributed by atoms with Crippen LogP contribution in [0.1, 0.15) is 23.2 Å². The number of carbonyl (C=O) groups excluding carboxylic acids is 1. The van der Waals surface area contributed by atoms with Crippen molar-refractivity contribution in [1.82, 2.24) is 9.97 Å². The summed E-state index contributed by atoms with van der Waals surface area (Å²) in [4.78, 5) is 22.0. The van der Waals surface area contributed by atoms with Gasteiger partial charge in [-0.25, -0.2) is 9.78 Å². The number of anilines is 2. The molecule has 6 heteroatoms. The molecule has 0 atom stereocenters. The smallest absolute Gasteiger partial charge is 0.337 e. The summed E-state index contributed by atoms with van der Waals surface area (Å²) in [6, 6.07) is 15.9. The molecule has 1 aliphatic rings. The molecule has 1 saturated heterocycles. The maximum absolute atomic E-state index is 11.7. The van der Waals surface area contributed by atoms with Gasteiger partial charge in [-0.2, -0.15) is 0 Å². The molecule has 0 amide bonds. The van der Waals surface area contributed by atoms with Gasteiger partial charge in [-0.3, -0.25) is 0 Å². The lowest BCUT2D eigenvalue weighted by Gasteiger charge is -2.32. The maximum Gasteiger partial charge on any atom is 0.337 e. The molecular formula is C20H22N4O2. The molecule has 134 valence electrons. The van der Waals surface area contributed by atoms with Crippen molar-refractivity contribution in [2.75, 3.05) is 30.4 Å². The highest BCUT2D eigenvalue weighted by molar-refractivity contribution is 5.90. The van der Waals surface area contributed by atoms with Gasteiger partial charge in [0.15, 0.2) is 0 Å². The summed E-state index contributed by atoms with van der Waals surface area (Å²) in [6.45, 7) is 1.88. The van der Waals surface area contributed by atoms with Crippen LogP contribution in [0.25, 0.3) is 11.0 Å². The number of esters is 1. The van der Waals surface area contributed by atoms with Crippen LogP contribution in [0.3, 0.4) is 0 Å². The lowest BCUT2D eigenvalue weighted by Crippen LogP contribution is -2.39. The van der Waals surface area contributed by atoms with Crippen LogP contribution in [0.4, 0.5) is 11.6 Å². The second kappa shape index (κ2) is 7.07. The van der Waals surface area contributed by atoms with E-state index in [1.165, 1.54) is 7.11 Å². The minimum atomic E-state index is -0.312. The van der Waals surface area contributed by atoms with E-state index >= 15 is 0 Å². The number of methoxy groups -OCH3 is 1. The van der Waals surface area contributed by atoms with Crippen LogP contribution in [0.5, 0.6) is 0 Å². The zero-order chi connectivity index (χ0) is 17.9. The number of benzene rings is 2. The van der Waals surface area contributed by atoms with Gasteiger partial charge in [-0.15, -0.1) is 0 Å². The Morgan fingerprint density at radius 3 is 2.77 bits per heavy atom. The third kappa shape index (κ3) is 3.35. The Bertz CT molecular complexity index is 880. The number of ether oxygens (including phenoxy) is 1. The molecule has 0 unspecified atom stereocenters. The summed E-state index contributed by atoms with van der Waals surface area (Å²) in [5.41, 5.74) is 3.59. The molecule has 2 heterocycles. The van der Waals surface area contributed by atoms with Crippen LogP contribution in [-0.4, -0.2) is 42.2 Å². The number of carbonyl (C=O) groups is 1. The van der Waals surface area contributed by atoms with Gasteiger partial charge in [0, 0.05) is 24.8 Å². The summed E-state index contributed by atoms with van der Waals surface area (Å²) in [6.07, 6.45) is 2.03. The number of H-pyrrole nitrogens is 1. The van der Waals surface area contributed by atoms with Crippen molar-refractivity contribution in [3.63, 3.8) is 0 Å².